The summed E-state index contributed by atoms with van der Waals surface area (Å²) < 4.78 is 29.9. The van der Waals surface area contributed by atoms with Crippen LogP contribution in [0.4, 0.5) is 14.6 Å². The topological polar surface area (TPSA) is 63.0 Å². The fourth-order valence-corrected chi connectivity index (χ4v) is 4.28. The van der Waals surface area contributed by atoms with Crippen LogP contribution in [0.25, 0.3) is 16.6 Å². The molecule has 1 atom stereocenters. The number of fused-ring (bicyclic) bond motifs is 3. The van der Waals surface area contributed by atoms with E-state index < -0.39 is 11.6 Å². The van der Waals surface area contributed by atoms with Crippen molar-refractivity contribution in [2.24, 2.45) is 0 Å². The Labute approximate surface area is 182 Å². The Morgan fingerprint density at radius 1 is 1.19 bits per heavy atom. The van der Waals surface area contributed by atoms with Gasteiger partial charge >= 0.3 is 0 Å². The largest absolute Gasteiger partial charge is 0.349 e. The van der Waals surface area contributed by atoms with Crippen molar-refractivity contribution in [2.45, 2.75) is 18.9 Å². The number of hydroxylamine groups is 2. The predicted octanol–water partition coefficient (Wildman–Crippen LogP) is 4.14. The molecule has 2 aromatic heterocycles. The first-order valence-electron chi connectivity index (χ1n) is 10.3. The molecule has 0 N–H and O–H groups in total. The van der Waals surface area contributed by atoms with E-state index in [1.54, 1.807) is 28.9 Å². The molecule has 0 radical (unpaired) electrons. The lowest BCUT2D eigenvalue weighted by Crippen LogP contribution is -2.25. The van der Waals surface area contributed by atoms with Crippen molar-refractivity contribution in [1.29, 1.82) is 0 Å². The van der Waals surface area contributed by atoms with Crippen LogP contribution in [0.2, 0.25) is 0 Å². The van der Waals surface area contributed by atoms with Crippen molar-refractivity contribution in [3.63, 3.8) is 0 Å². The van der Waals surface area contributed by atoms with E-state index in [0.29, 0.717) is 41.1 Å². The Morgan fingerprint density at radius 3 is 2.84 bits per heavy atom. The first-order valence-corrected chi connectivity index (χ1v) is 10.3. The normalized spacial score (nSPS) is 16.2. The van der Waals surface area contributed by atoms with Gasteiger partial charge in [0, 0.05) is 36.3 Å². The van der Waals surface area contributed by atoms with Gasteiger partial charge in [0.1, 0.15) is 17.5 Å². The smallest absolute Gasteiger partial charge is 0.277 e. The third-order valence-electron chi connectivity index (χ3n) is 5.93. The molecule has 1 amide bonds. The Kier molecular flexibility index (Phi) is 4.97. The maximum atomic E-state index is 14.5. The van der Waals surface area contributed by atoms with Crippen LogP contribution < -0.4 is 4.90 Å². The molecule has 32 heavy (non-hydrogen) atoms. The highest BCUT2D eigenvalue weighted by Gasteiger charge is 2.30. The summed E-state index contributed by atoms with van der Waals surface area (Å²) in [6.07, 6.45) is 3.34. The van der Waals surface area contributed by atoms with E-state index in [1.165, 1.54) is 20.2 Å². The van der Waals surface area contributed by atoms with Crippen LogP contribution in [0, 0.1) is 11.6 Å². The van der Waals surface area contributed by atoms with Gasteiger partial charge in [-0.05, 0) is 55.3 Å². The van der Waals surface area contributed by atoms with Crippen molar-refractivity contribution in [1.82, 2.24) is 19.7 Å². The quantitative estimate of drug-likeness (QED) is 0.449. The van der Waals surface area contributed by atoms with E-state index in [-0.39, 0.29) is 11.9 Å². The lowest BCUT2D eigenvalue weighted by atomic mass is 10.0. The number of nitrogens with zero attached hydrogens (tertiary/aromatic N) is 5. The second-order valence-corrected chi connectivity index (χ2v) is 7.79. The molecule has 1 aliphatic heterocycles. The predicted molar refractivity (Wildman–Crippen MR) is 115 cm³/mol. The molecule has 9 heteroatoms. The molecule has 2 aromatic carbocycles. The summed E-state index contributed by atoms with van der Waals surface area (Å²) in [5.41, 5.74) is 2.06. The number of hydrogen-bond donors (Lipinski definition) is 0. The molecule has 164 valence electrons. The summed E-state index contributed by atoms with van der Waals surface area (Å²) in [4.78, 5) is 24.3. The standard InChI is InChI=1S/C23H21F2N5O2/c1-28(32-2)23(31)14-5-8-19-17(12-14)22-26-21(9-11-30(22)27-19)29-10-3-4-20(29)16-13-15(24)6-7-18(16)25/h5-9,11-13,20H,3-4,10H2,1-2H3/t20-/m1/s1. The summed E-state index contributed by atoms with van der Waals surface area (Å²) in [7, 11) is 2.96. The fraction of sp³-hybridized carbons (Fsp3) is 0.261. The van der Waals surface area contributed by atoms with Gasteiger partial charge in [0.05, 0.1) is 18.7 Å². The first kappa shape index (κ1) is 20.3. The Morgan fingerprint density at radius 2 is 2.03 bits per heavy atom. The van der Waals surface area contributed by atoms with Gasteiger partial charge in [0.2, 0.25) is 0 Å². The van der Waals surface area contributed by atoms with Crippen molar-refractivity contribution >= 4 is 28.3 Å². The lowest BCUT2D eigenvalue weighted by molar-refractivity contribution is -0.0756. The number of aromatic nitrogens is 3. The minimum absolute atomic E-state index is 0.286. The number of carbonyl (C=O) groups is 1. The molecule has 7 nitrogen and oxygen atoms in total. The van der Waals surface area contributed by atoms with Crippen LogP contribution in [-0.2, 0) is 4.84 Å². The zero-order valence-electron chi connectivity index (χ0n) is 17.6. The van der Waals surface area contributed by atoms with Gasteiger partial charge in [0.25, 0.3) is 5.91 Å². The number of carbonyl (C=O) groups excluding carboxylic acids is 1. The molecule has 0 aliphatic carbocycles. The summed E-state index contributed by atoms with van der Waals surface area (Å²) >= 11 is 0. The minimum Gasteiger partial charge on any atom is -0.349 e. The molecule has 4 aromatic rings. The average Bonchev–Trinajstić information content (AvgIpc) is 3.43. The van der Waals surface area contributed by atoms with E-state index in [4.69, 9.17) is 9.82 Å². The second kappa shape index (κ2) is 7.83. The van der Waals surface area contributed by atoms with E-state index in [1.807, 2.05) is 11.0 Å². The second-order valence-electron chi connectivity index (χ2n) is 7.79. The van der Waals surface area contributed by atoms with Crippen LogP contribution in [0.1, 0.15) is 34.8 Å². The van der Waals surface area contributed by atoms with E-state index in [2.05, 4.69) is 5.10 Å². The van der Waals surface area contributed by atoms with Crippen LogP contribution in [-0.4, -0.2) is 46.3 Å². The Bertz CT molecular complexity index is 1340. The number of halogens is 2. The maximum Gasteiger partial charge on any atom is 0.277 e. The molecular formula is C23H21F2N5O2. The van der Waals surface area contributed by atoms with Gasteiger partial charge in [-0.1, -0.05) is 0 Å². The van der Waals surface area contributed by atoms with E-state index >= 15 is 0 Å². The highest BCUT2D eigenvalue weighted by Crippen LogP contribution is 2.37. The molecule has 1 aliphatic rings. The van der Waals surface area contributed by atoms with E-state index in [0.717, 1.165) is 29.0 Å². The van der Waals surface area contributed by atoms with Gasteiger partial charge in [-0.15, -0.1) is 0 Å². The first-order chi connectivity index (χ1) is 15.5. The van der Waals surface area contributed by atoms with Crippen LogP contribution in [0.15, 0.2) is 48.7 Å². The lowest BCUT2D eigenvalue weighted by Gasteiger charge is -2.26. The number of anilines is 1. The highest BCUT2D eigenvalue weighted by molar-refractivity contribution is 6.01. The molecule has 0 saturated carbocycles. The Hall–Kier alpha value is -3.59. The zero-order chi connectivity index (χ0) is 22.4. The van der Waals surface area contributed by atoms with Crippen molar-refractivity contribution in [3.05, 3.63) is 71.4 Å². The fourth-order valence-electron chi connectivity index (χ4n) is 4.28. The zero-order valence-corrected chi connectivity index (χ0v) is 17.6. The molecule has 0 bridgehead atoms. The molecule has 0 unspecified atom stereocenters. The van der Waals surface area contributed by atoms with Gasteiger partial charge in [-0.3, -0.25) is 9.63 Å². The number of rotatable bonds is 4. The van der Waals surface area contributed by atoms with Crippen molar-refractivity contribution < 1.29 is 18.4 Å². The third-order valence-corrected chi connectivity index (χ3v) is 5.93. The number of hydrogen-bond acceptors (Lipinski definition) is 5. The maximum absolute atomic E-state index is 14.5. The average molecular weight is 437 g/mol. The van der Waals surface area contributed by atoms with Crippen LogP contribution >= 0.6 is 0 Å². The van der Waals surface area contributed by atoms with Gasteiger partial charge in [-0.2, -0.15) is 5.10 Å². The van der Waals surface area contributed by atoms with Gasteiger partial charge < -0.3 is 4.90 Å². The SMILES string of the molecule is CON(C)C(=O)c1ccc2nn3ccc(N4CCC[C@@H]4c4cc(F)ccc4F)nc3c2c1. The molecule has 3 heterocycles. The van der Waals surface area contributed by atoms with Gasteiger partial charge in [0.15, 0.2) is 5.65 Å². The summed E-state index contributed by atoms with van der Waals surface area (Å²) in [5.74, 6) is -0.524. The highest BCUT2D eigenvalue weighted by atomic mass is 19.1. The third kappa shape index (κ3) is 3.34. The minimum atomic E-state index is -0.461. The summed E-state index contributed by atoms with van der Waals surface area (Å²) in [6.45, 7) is 0.679. The van der Waals surface area contributed by atoms with Crippen LogP contribution in [0.5, 0.6) is 0 Å². The molecule has 1 saturated heterocycles. The number of amides is 1. The summed E-state index contributed by atoms with van der Waals surface area (Å²) in [5, 5.41) is 6.39. The monoisotopic (exact) mass is 437 g/mol. The molecule has 0 spiro atoms. The molecular weight excluding hydrogens is 416 g/mol. The summed E-state index contributed by atoms with van der Waals surface area (Å²) in [6, 6.07) is 10.3. The van der Waals surface area contributed by atoms with Gasteiger partial charge in [-0.25, -0.2) is 23.3 Å². The molecule has 5 rings (SSSR count). The Balaban J connectivity index is 1.58. The molecule has 1 fully saturated rings. The van der Waals surface area contributed by atoms with Crippen LogP contribution in [0.3, 0.4) is 0 Å². The van der Waals surface area contributed by atoms with Crippen molar-refractivity contribution in [2.75, 3.05) is 25.6 Å². The van der Waals surface area contributed by atoms with E-state index in [9.17, 15) is 13.6 Å². The van der Waals surface area contributed by atoms with Crippen molar-refractivity contribution in [3.8, 4) is 0 Å². The number of benzene rings is 2.